The van der Waals surface area contributed by atoms with Crippen molar-refractivity contribution in [3.8, 4) is 11.5 Å². The lowest BCUT2D eigenvalue weighted by Crippen LogP contribution is -2.32. The number of fused-ring (bicyclic) bond motifs is 1. The zero-order valence-corrected chi connectivity index (χ0v) is 20.1. The van der Waals surface area contributed by atoms with E-state index in [-0.39, 0.29) is 6.03 Å². The first-order valence-electron chi connectivity index (χ1n) is 12.4. The standard InChI is InChI=1S/C28H34N4O2/c1-32(2)18-20-16-21(14-15-29-20)34-27-13-12-25(22-10-6-7-11-23(22)27)30-28(33)31-26-17-24(26)19-8-4-3-5-9-19/h6-7,10-16,19,24,26H,3-5,8-9,17-18H2,1-2H3,(H2,30,31,33). The number of carbonyl (C=O) groups is 1. The summed E-state index contributed by atoms with van der Waals surface area (Å²) in [4.78, 5) is 19.3. The topological polar surface area (TPSA) is 66.5 Å². The highest BCUT2D eigenvalue weighted by atomic mass is 16.5. The van der Waals surface area contributed by atoms with Crippen LogP contribution in [0.3, 0.4) is 0 Å². The summed E-state index contributed by atoms with van der Waals surface area (Å²) in [6.45, 7) is 0.749. The molecule has 6 heteroatoms. The Kier molecular flexibility index (Phi) is 6.68. The van der Waals surface area contributed by atoms with Gasteiger partial charge in [-0.05, 0) is 50.6 Å². The molecule has 0 radical (unpaired) electrons. The monoisotopic (exact) mass is 458 g/mol. The van der Waals surface area contributed by atoms with E-state index >= 15 is 0 Å². The van der Waals surface area contributed by atoms with E-state index in [0.717, 1.165) is 52.5 Å². The van der Waals surface area contributed by atoms with Gasteiger partial charge in [0.1, 0.15) is 11.5 Å². The summed E-state index contributed by atoms with van der Waals surface area (Å²) in [5.74, 6) is 2.96. The molecule has 0 saturated heterocycles. The van der Waals surface area contributed by atoms with Crippen LogP contribution in [0.4, 0.5) is 10.5 Å². The first-order valence-corrected chi connectivity index (χ1v) is 12.4. The number of anilines is 1. The third-order valence-electron chi connectivity index (χ3n) is 7.04. The highest BCUT2D eigenvalue weighted by Gasteiger charge is 2.43. The van der Waals surface area contributed by atoms with Crippen molar-refractivity contribution in [2.45, 2.75) is 51.1 Å². The van der Waals surface area contributed by atoms with E-state index in [9.17, 15) is 4.79 Å². The molecule has 1 aromatic heterocycles. The van der Waals surface area contributed by atoms with Crippen molar-refractivity contribution in [2.24, 2.45) is 11.8 Å². The van der Waals surface area contributed by atoms with Crippen LogP contribution in [0.5, 0.6) is 11.5 Å². The Bertz CT molecular complexity index is 1160. The van der Waals surface area contributed by atoms with Crippen LogP contribution in [-0.2, 0) is 6.54 Å². The summed E-state index contributed by atoms with van der Waals surface area (Å²) >= 11 is 0. The van der Waals surface area contributed by atoms with Gasteiger partial charge in [-0.2, -0.15) is 0 Å². The molecule has 2 aliphatic rings. The number of benzene rings is 2. The van der Waals surface area contributed by atoms with Crippen LogP contribution in [0.25, 0.3) is 10.8 Å². The van der Waals surface area contributed by atoms with E-state index in [1.165, 1.54) is 32.1 Å². The number of rotatable bonds is 7. The number of nitrogens with one attached hydrogen (secondary N) is 2. The molecule has 2 unspecified atom stereocenters. The number of pyridine rings is 1. The molecular weight excluding hydrogens is 424 g/mol. The number of aromatic nitrogens is 1. The first kappa shape index (κ1) is 22.7. The quantitative estimate of drug-likeness (QED) is 0.444. The summed E-state index contributed by atoms with van der Waals surface area (Å²) in [5.41, 5.74) is 1.74. The molecule has 2 saturated carbocycles. The van der Waals surface area contributed by atoms with Crippen molar-refractivity contribution in [1.29, 1.82) is 0 Å². The van der Waals surface area contributed by atoms with Crippen molar-refractivity contribution < 1.29 is 9.53 Å². The molecule has 34 heavy (non-hydrogen) atoms. The summed E-state index contributed by atoms with van der Waals surface area (Å²) in [6.07, 6.45) is 9.60. The third-order valence-corrected chi connectivity index (χ3v) is 7.04. The van der Waals surface area contributed by atoms with Crippen molar-refractivity contribution >= 4 is 22.5 Å². The second-order valence-electron chi connectivity index (χ2n) is 9.98. The molecule has 2 fully saturated rings. The lowest BCUT2D eigenvalue weighted by Gasteiger charge is -2.21. The van der Waals surface area contributed by atoms with Gasteiger partial charge in [-0.3, -0.25) is 4.98 Å². The Morgan fingerprint density at radius 1 is 1.06 bits per heavy atom. The molecule has 0 aliphatic heterocycles. The number of amides is 2. The van der Waals surface area contributed by atoms with Crippen LogP contribution >= 0.6 is 0 Å². The van der Waals surface area contributed by atoms with Crippen LogP contribution in [-0.4, -0.2) is 36.1 Å². The van der Waals surface area contributed by atoms with Crippen LogP contribution in [0.1, 0.15) is 44.2 Å². The first-order chi connectivity index (χ1) is 16.6. The summed E-state index contributed by atoms with van der Waals surface area (Å²) in [5, 5.41) is 8.19. The molecule has 1 heterocycles. The van der Waals surface area contributed by atoms with Crippen LogP contribution in [0, 0.1) is 11.8 Å². The van der Waals surface area contributed by atoms with E-state index < -0.39 is 0 Å². The average molecular weight is 459 g/mol. The van der Waals surface area contributed by atoms with Crippen LogP contribution < -0.4 is 15.4 Å². The Balaban J connectivity index is 1.28. The molecule has 178 valence electrons. The number of ether oxygens (including phenoxy) is 1. The maximum Gasteiger partial charge on any atom is 0.319 e. The lowest BCUT2D eigenvalue weighted by molar-refractivity contribution is 0.249. The molecule has 2 aromatic carbocycles. The van der Waals surface area contributed by atoms with Crippen LogP contribution in [0.15, 0.2) is 54.7 Å². The van der Waals surface area contributed by atoms with Crippen molar-refractivity contribution in [1.82, 2.24) is 15.2 Å². The highest BCUT2D eigenvalue weighted by molar-refractivity contribution is 6.04. The molecule has 6 nitrogen and oxygen atoms in total. The van der Waals surface area contributed by atoms with Gasteiger partial charge in [0.2, 0.25) is 0 Å². The Morgan fingerprint density at radius 2 is 1.85 bits per heavy atom. The number of hydrogen-bond donors (Lipinski definition) is 2. The van der Waals surface area contributed by atoms with E-state index in [2.05, 4.69) is 20.5 Å². The van der Waals surface area contributed by atoms with E-state index in [1.54, 1.807) is 6.20 Å². The van der Waals surface area contributed by atoms with Gasteiger partial charge in [-0.25, -0.2) is 4.79 Å². The minimum atomic E-state index is -0.121. The number of nitrogens with zero attached hydrogens (tertiary/aromatic N) is 2. The summed E-state index contributed by atoms with van der Waals surface area (Å²) in [6, 6.07) is 15.9. The SMILES string of the molecule is CN(C)Cc1cc(Oc2ccc(NC(=O)NC3CC3C3CCCCC3)c3ccccc23)ccn1. The third kappa shape index (κ3) is 5.33. The summed E-state index contributed by atoms with van der Waals surface area (Å²) in [7, 11) is 4.04. The molecule has 0 bridgehead atoms. The highest BCUT2D eigenvalue weighted by Crippen LogP contribution is 2.44. The molecule has 2 atom stereocenters. The predicted octanol–water partition coefficient (Wildman–Crippen LogP) is 6.18. The van der Waals surface area contributed by atoms with Gasteiger partial charge in [0, 0.05) is 35.6 Å². The van der Waals surface area contributed by atoms with Gasteiger partial charge in [-0.15, -0.1) is 0 Å². The Morgan fingerprint density at radius 3 is 2.65 bits per heavy atom. The van der Waals surface area contributed by atoms with Crippen molar-refractivity contribution in [3.05, 3.63) is 60.4 Å². The fourth-order valence-electron chi connectivity index (χ4n) is 5.32. The molecule has 5 rings (SSSR count). The number of urea groups is 1. The Labute approximate surface area is 201 Å². The normalized spacial score (nSPS) is 20.3. The lowest BCUT2D eigenvalue weighted by atomic mass is 9.85. The fourth-order valence-corrected chi connectivity index (χ4v) is 5.32. The smallest absolute Gasteiger partial charge is 0.319 e. The van der Waals surface area contributed by atoms with E-state index in [1.807, 2.05) is 62.6 Å². The van der Waals surface area contributed by atoms with Crippen molar-refractivity contribution in [2.75, 3.05) is 19.4 Å². The summed E-state index contributed by atoms with van der Waals surface area (Å²) < 4.78 is 6.24. The van der Waals surface area contributed by atoms with Gasteiger partial charge in [-0.1, -0.05) is 56.4 Å². The second-order valence-corrected chi connectivity index (χ2v) is 9.98. The van der Waals surface area contributed by atoms with Gasteiger partial charge in [0.05, 0.1) is 11.4 Å². The molecule has 0 spiro atoms. The van der Waals surface area contributed by atoms with E-state index in [0.29, 0.717) is 12.0 Å². The van der Waals surface area contributed by atoms with Gasteiger partial charge in [0.15, 0.2) is 0 Å². The number of carbonyl (C=O) groups excluding carboxylic acids is 1. The van der Waals surface area contributed by atoms with E-state index in [4.69, 9.17) is 4.74 Å². The number of hydrogen-bond acceptors (Lipinski definition) is 4. The predicted molar refractivity (Wildman–Crippen MR) is 136 cm³/mol. The maximum absolute atomic E-state index is 12.8. The Hall–Kier alpha value is -3.12. The average Bonchev–Trinajstić information content (AvgIpc) is 3.60. The zero-order chi connectivity index (χ0) is 23.5. The molecule has 2 N–H and O–H groups in total. The largest absolute Gasteiger partial charge is 0.457 e. The molecular formula is C28H34N4O2. The fraction of sp³-hybridized carbons (Fsp3) is 0.429. The zero-order valence-electron chi connectivity index (χ0n) is 20.1. The van der Waals surface area contributed by atoms with Gasteiger partial charge in [0.25, 0.3) is 0 Å². The maximum atomic E-state index is 12.8. The van der Waals surface area contributed by atoms with Gasteiger partial charge < -0.3 is 20.3 Å². The van der Waals surface area contributed by atoms with Crippen LogP contribution in [0.2, 0.25) is 0 Å². The molecule has 2 aliphatic carbocycles. The molecule has 3 aromatic rings. The minimum absolute atomic E-state index is 0.121. The second kappa shape index (κ2) is 10.0. The minimum Gasteiger partial charge on any atom is -0.457 e. The van der Waals surface area contributed by atoms with Crippen molar-refractivity contribution in [3.63, 3.8) is 0 Å². The molecule has 2 amide bonds. The van der Waals surface area contributed by atoms with Gasteiger partial charge >= 0.3 is 6.03 Å².